The molecule has 2 rings (SSSR count). The van der Waals surface area contributed by atoms with Crippen LogP contribution in [0.25, 0.3) is 0 Å². The first-order valence-corrected chi connectivity index (χ1v) is 7.28. The fourth-order valence-electron chi connectivity index (χ4n) is 2.14. The van der Waals surface area contributed by atoms with Crippen LogP contribution in [-0.2, 0) is 13.5 Å². The van der Waals surface area contributed by atoms with Crippen molar-refractivity contribution in [3.05, 3.63) is 39.8 Å². The molecule has 1 unspecified atom stereocenters. The Hall–Kier alpha value is -1.13. The van der Waals surface area contributed by atoms with Crippen molar-refractivity contribution in [1.82, 2.24) is 15.1 Å². The molecule has 0 saturated heterocycles. The first-order chi connectivity index (χ1) is 8.69. The summed E-state index contributed by atoms with van der Waals surface area (Å²) >= 11 is 1.89. The fraction of sp³-hybridized carbons (Fsp3) is 0.500. The minimum absolute atomic E-state index is 0.467. The molecule has 18 heavy (non-hydrogen) atoms. The molecule has 0 bridgehead atoms. The number of rotatable bonds is 6. The van der Waals surface area contributed by atoms with Crippen molar-refractivity contribution in [2.24, 2.45) is 7.05 Å². The number of aryl methyl sites for hydroxylation is 3. The molecular weight excluding hydrogens is 242 g/mol. The van der Waals surface area contributed by atoms with Gasteiger partial charge in [-0.2, -0.15) is 5.10 Å². The van der Waals surface area contributed by atoms with Gasteiger partial charge >= 0.3 is 0 Å². The van der Waals surface area contributed by atoms with Crippen LogP contribution in [0, 0.1) is 6.92 Å². The topological polar surface area (TPSA) is 29.9 Å². The maximum atomic E-state index is 4.22. The van der Waals surface area contributed by atoms with E-state index in [1.165, 1.54) is 15.3 Å². The lowest BCUT2D eigenvalue weighted by Gasteiger charge is -2.15. The number of aromatic nitrogens is 2. The van der Waals surface area contributed by atoms with E-state index in [-0.39, 0.29) is 0 Å². The van der Waals surface area contributed by atoms with Crippen molar-refractivity contribution in [2.75, 3.05) is 6.54 Å². The molecule has 0 aromatic carbocycles. The lowest BCUT2D eigenvalue weighted by Crippen LogP contribution is -2.20. The first-order valence-electron chi connectivity index (χ1n) is 6.46. The van der Waals surface area contributed by atoms with Crippen LogP contribution in [0.4, 0.5) is 0 Å². The van der Waals surface area contributed by atoms with Gasteiger partial charge in [-0.25, -0.2) is 0 Å². The molecule has 0 saturated carbocycles. The molecule has 0 amide bonds. The van der Waals surface area contributed by atoms with Gasteiger partial charge in [-0.15, -0.1) is 11.3 Å². The maximum Gasteiger partial charge on any atom is 0.0521 e. The third-order valence-electron chi connectivity index (χ3n) is 3.04. The highest BCUT2D eigenvalue weighted by Gasteiger charge is 2.12. The van der Waals surface area contributed by atoms with E-state index in [0.717, 1.165) is 19.4 Å². The smallest absolute Gasteiger partial charge is 0.0521 e. The Morgan fingerprint density at radius 2 is 2.28 bits per heavy atom. The Morgan fingerprint density at radius 3 is 2.83 bits per heavy atom. The SMILES string of the molecule is CCNC(CCc1cnn(C)c1)c1ccc(C)s1. The zero-order chi connectivity index (χ0) is 13.0. The largest absolute Gasteiger partial charge is 0.310 e. The molecule has 0 aliphatic carbocycles. The number of hydrogen-bond donors (Lipinski definition) is 1. The average molecular weight is 263 g/mol. The third-order valence-corrected chi connectivity index (χ3v) is 4.15. The summed E-state index contributed by atoms with van der Waals surface area (Å²) in [6.45, 7) is 5.34. The van der Waals surface area contributed by atoms with Crippen LogP contribution >= 0.6 is 11.3 Å². The molecule has 2 aromatic heterocycles. The summed E-state index contributed by atoms with van der Waals surface area (Å²) in [5.74, 6) is 0. The van der Waals surface area contributed by atoms with Crippen molar-refractivity contribution in [3.63, 3.8) is 0 Å². The predicted molar refractivity (Wildman–Crippen MR) is 77.0 cm³/mol. The summed E-state index contributed by atoms with van der Waals surface area (Å²) in [5, 5.41) is 7.79. The van der Waals surface area contributed by atoms with E-state index >= 15 is 0 Å². The zero-order valence-corrected chi connectivity index (χ0v) is 12.1. The Bertz CT molecular complexity index is 487. The molecule has 2 aromatic rings. The van der Waals surface area contributed by atoms with Gasteiger partial charge in [0.05, 0.1) is 6.20 Å². The summed E-state index contributed by atoms with van der Waals surface area (Å²) in [6, 6.07) is 4.92. The number of hydrogen-bond acceptors (Lipinski definition) is 3. The molecular formula is C14H21N3S. The quantitative estimate of drug-likeness (QED) is 0.868. The Kier molecular flexibility index (Phi) is 4.55. The molecule has 3 nitrogen and oxygen atoms in total. The molecule has 0 aliphatic heterocycles. The molecule has 2 heterocycles. The lowest BCUT2D eigenvalue weighted by molar-refractivity contribution is 0.523. The second-order valence-electron chi connectivity index (χ2n) is 4.62. The van der Waals surface area contributed by atoms with Crippen LogP contribution < -0.4 is 5.32 Å². The highest BCUT2D eigenvalue weighted by molar-refractivity contribution is 7.12. The summed E-state index contributed by atoms with van der Waals surface area (Å²) in [4.78, 5) is 2.83. The van der Waals surface area contributed by atoms with E-state index in [1.54, 1.807) is 0 Å². The normalized spacial score (nSPS) is 12.8. The van der Waals surface area contributed by atoms with Crippen molar-refractivity contribution >= 4 is 11.3 Å². The van der Waals surface area contributed by atoms with Gasteiger partial charge in [0.15, 0.2) is 0 Å². The zero-order valence-electron chi connectivity index (χ0n) is 11.3. The van der Waals surface area contributed by atoms with Crippen LogP contribution in [0.2, 0.25) is 0 Å². The second-order valence-corrected chi connectivity index (χ2v) is 5.94. The van der Waals surface area contributed by atoms with Gasteiger partial charge in [0, 0.05) is 29.0 Å². The van der Waals surface area contributed by atoms with E-state index in [0.29, 0.717) is 6.04 Å². The van der Waals surface area contributed by atoms with Gasteiger partial charge in [-0.05, 0) is 44.0 Å². The minimum Gasteiger partial charge on any atom is -0.310 e. The highest BCUT2D eigenvalue weighted by atomic mass is 32.1. The summed E-state index contributed by atoms with van der Waals surface area (Å²) in [5.41, 5.74) is 1.31. The third kappa shape index (κ3) is 3.43. The molecule has 0 radical (unpaired) electrons. The van der Waals surface area contributed by atoms with Crippen molar-refractivity contribution in [2.45, 2.75) is 32.7 Å². The fourth-order valence-corrected chi connectivity index (χ4v) is 3.13. The van der Waals surface area contributed by atoms with E-state index < -0.39 is 0 Å². The molecule has 1 N–H and O–H groups in total. The van der Waals surface area contributed by atoms with E-state index in [4.69, 9.17) is 0 Å². The molecule has 0 fully saturated rings. The monoisotopic (exact) mass is 263 g/mol. The van der Waals surface area contributed by atoms with Crippen LogP contribution in [0.15, 0.2) is 24.5 Å². The first kappa shape index (κ1) is 13.3. The van der Waals surface area contributed by atoms with Crippen molar-refractivity contribution in [3.8, 4) is 0 Å². The van der Waals surface area contributed by atoms with Crippen LogP contribution in [-0.4, -0.2) is 16.3 Å². The Labute approximate surface area is 113 Å². The van der Waals surface area contributed by atoms with E-state index in [2.05, 4.69) is 42.6 Å². The number of nitrogens with one attached hydrogen (secondary N) is 1. The molecule has 0 spiro atoms. The van der Waals surface area contributed by atoms with Crippen LogP contribution in [0.3, 0.4) is 0 Å². The number of thiophene rings is 1. The molecule has 98 valence electrons. The van der Waals surface area contributed by atoms with Crippen LogP contribution in [0.5, 0.6) is 0 Å². The Balaban J connectivity index is 1.98. The highest BCUT2D eigenvalue weighted by Crippen LogP contribution is 2.26. The van der Waals surface area contributed by atoms with Gasteiger partial charge in [-0.1, -0.05) is 6.92 Å². The van der Waals surface area contributed by atoms with E-state index in [1.807, 2.05) is 29.3 Å². The summed E-state index contributed by atoms with van der Waals surface area (Å²) in [7, 11) is 1.97. The lowest BCUT2D eigenvalue weighted by atomic mass is 10.1. The van der Waals surface area contributed by atoms with Gasteiger partial charge in [0.2, 0.25) is 0 Å². The van der Waals surface area contributed by atoms with E-state index in [9.17, 15) is 0 Å². The predicted octanol–water partition coefficient (Wildman–Crippen LogP) is 3.07. The minimum atomic E-state index is 0.467. The van der Waals surface area contributed by atoms with Gasteiger partial charge in [0.25, 0.3) is 0 Å². The molecule has 4 heteroatoms. The van der Waals surface area contributed by atoms with Gasteiger partial charge in [0.1, 0.15) is 0 Å². The van der Waals surface area contributed by atoms with Gasteiger partial charge < -0.3 is 5.32 Å². The van der Waals surface area contributed by atoms with Crippen molar-refractivity contribution in [1.29, 1.82) is 0 Å². The average Bonchev–Trinajstić information content (AvgIpc) is 2.94. The summed E-state index contributed by atoms with van der Waals surface area (Å²) < 4.78 is 1.87. The molecule has 1 atom stereocenters. The standard InChI is InChI=1S/C14H21N3S/c1-4-15-13(14-8-5-11(2)18-14)7-6-12-9-16-17(3)10-12/h5,8-10,13,15H,4,6-7H2,1-3H3. The maximum absolute atomic E-state index is 4.22. The second kappa shape index (κ2) is 6.16. The Morgan fingerprint density at radius 1 is 1.44 bits per heavy atom. The molecule has 0 aliphatic rings. The summed E-state index contributed by atoms with van der Waals surface area (Å²) in [6.07, 6.45) is 6.26. The van der Waals surface area contributed by atoms with Crippen LogP contribution in [0.1, 0.15) is 34.7 Å². The van der Waals surface area contributed by atoms with Gasteiger partial charge in [-0.3, -0.25) is 4.68 Å². The number of nitrogens with zero attached hydrogens (tertiary/aromatic N) is 2. The van der Waals surface area contributed by atoms with Crippen molar-refractivity contribution < 1.29 is 0 Å².